The number of anilines is 1. The summed E-state index contributed by atoms with van der Waals surface area (Å²) < 4.78 is 13.0. The minimum atomic E-state index is 0.147. The SMILES string of the molecule is COCCO[C@@H]1CCN(c2ncccn2)[C@@H]1Cc1cnn(C)c1. The molecule has 3 rings (SSSR count). The summed E-state index contributed by atoms with van der Waals surface area (Å²) in [6, 6.07) is 2.04. The van der Waals surface area contributed by atoms with Crippen LogP contribution in [0, 0.1) is 0 Å². The Hall–Kier alpha value is -1.99. The Morgan fingerprint density at radius 1 is 1.26 bits per heavy atom. The molecule has 1 fully saturated rings. The van der Waals surface area contributed by atoms with Crippen LogP contribution in [0.1, 0.15) is 12.0 Å². The lowest BCUT2D eigenvalue weighted by Gasteiger charge is -2.27. The Kier molecular flexibility index (Phi) is 5.19. The number of aryl methyl sites for hydroxylation is 1. The van der Waals surface area contributed by atoms with Crippen LogP contribution in [0.15, 0.2) is 30.9 Å². The molecule has 0 spiro atoms. The van der Waals surface area contributed by atoms with Crippen molar-refractivity contribution in [1.29, 1.82) is 0 Å². The number of methoxy groups -OCH3 is 1. The minimum absolute atomic E-state index is 0.147. The lowest BCUT2D eigenvalue weighted by Crippen LogP contribution is -2.39. The van der Waals surface area contributed by atoms with Gasteiger partial charge in [-0.25, -0.2) is 9.97 Å². The van der Waals surface area contributed by atoms with E-state index in [1.165, 1.54) is 5.56 Å². The first kappa shape index (κ1) is 15.9. The first-order chi connectivity index (χ1) is 11.3. The van der Waals surface area contributed by atoms with Gasteiger partial charge >= 0.3 is 0 Å². The Balaban J connectivity index is 1.75. The van der Waals surface area contributed by atoms with Crippen molar-refractivity contribution in [2.75, 3.05) is 31.8 Å². The normalized spacial score (nSPS) is 21.0. The summed E-state index contributed by atoms with van der Waals surface area (Å²) in [5.41, 5.74) is 1.20. The highest BCUT2D eigenvalue weighted by Crippen LogP contribution is 2.27. The third-order valence-electron chi connectivity index (χ3n) is 4.12. The predicted molar refractivity (Wildman–Crippen MR) is 86.3 cm³/mol. The van der Waals surface area contributed by atoms with Gasteiger partial charge in [-0.15, -0.1) is 0 Å². The molecule has 2 aromatic heterocycles. The number of ether oxygens (including phenoxy) is 2. The van der Waals surface area contributed by atoms with Gasteiger partial charge in [-0.2, -0.15) is 5.10 Å². The van der Waals surface area contributed by atoms with Crippen molar-refractivity contribution in [3.8, 4) is 0 Å². The molecule has 2 aromatic rings. The summed E-state index contributed by atoms with van der Waals surface area (Å²) in [6.45, 7) is 2.11. The highest BCUT2D eigenvalue weighted by Gasteiger charge is 2.36. The van der Waals surface area contributed by atoms with Gasteiger partial charge in [-0.3, -0.25) is 4.68 Å². The molecule has 0 N–H and O–H groups in total. The van der Waals surface area contributed by atoms with E-state index in [1.54, 1.807) is 19.5 Å². The maximum atomic E-state index is 6.04. The van der Waals surface area contributed by atoms with Gasteiger partial charge in [0.2, 0.25) is 5.95 Å². The fourth-order valence-corrected chi connectivity index (χ4v) is 3.05. The van der Waals surface area contributed by atoms with Crippen molar-refractivity contribution < 1.29 is 9.47 Å². The maximum Gasteiger partial charge on any atom is 0.225 e. The standard InChI is InChI=1S/C16H23N5O2/c1-20-12-13(11-19-20)10-14-15(23-9-8-22-2)4-7-21(14)16-17-5-3-6-18-16/h3,5-6,11-12,14-15H,4,7-10H2,1-2H3/t14-,15-/m1/s1. The second kappa shape index (κ2) is 7.52. The third kappa shape index (κ3) is 3.86. The molecule has 0 radical (unpaired) electrons. The number of aromatic nitrogens is 4. The van der Waals surface area contributed by atoms with Gasteiger partial charge < -0.3 is 14.4 Å². The topological polar surface area (TPSA) is 65.3 Å². The van der Waals surface area contributed by atoms with E-state index in [2.05, 4.69) is 26.2 Å². The van der Waals surface area contributed by atoms with E-state index in [0.29, 0.717) is 13.2 Å². The Morgan fingerprint density at radius 2 is 2.09 bits per heavy atom. The van der Waals surface area contributed by atoms with E-state index >= 15 is 0 Å². The lowest BCUT2D eigenvalue weighted by atomic mass is 10.0. The van der Waals surface area contributed by atoms with Gasteiger partial charge in [0.25, 0.3) is 0 Å². The van der Waals surface area contributed by atoms with Gasteiger partial charge in [0.1, 0.15) is 0 Å². The second-order valence-electron chi connectivity index (χ2n) is 5.73. The Morgan fingerprint density at radius 3 is 2.78 bits per heavy atom. The summed E-state index contributed by atoms with van der Waals surface area (Å²) in [7, 11) is 3.62. The van der Waals surface area contributed by atoms with Crippen molar-refractivity contribution in [2.24, 2.45) is 7.05 Å². The number of nitrogens with zero attached hydrogens (tertiary/aromatic N) is 5. The first-order valence-electron chi connectivity index (χ1n) is 7.89. The molecule has 7 nitrogen and oxygen atoms in total. The van der Waals surface area contributed by atoms with Crippen LogP contribution in [-0.4, -0.2) is 58.8 Å². The van der Waals surface area contributed by atoms with Gasteiger partial charge in [-0.05, 0) is 24.5 Å². The number of hydrogen-bond donors (Lipinski definition) is 0. The van der Waals surface area contributed by atoms with Crippen molar-refractivity contribution in [2.45, 2.75) is 25.0 Å². The van der Waals surface area contributed by atoms with Gasteiger partial charge in [0.05, 0.1) is 31.6 Å². The molecule has 1 aliphatic rings. The van der Waals surface area contributed by atoms with Crippen LogP contribution in [0.5, 0.6) is 0 Å². The summed E-state index contributed by atoms with van der Waals surface area (Å²) in [6.07, 6.45) is 9.50. The lowest BCUT2D eigenvalue weighted by molar-refractivity contribution is 0.0136. The van der Waals surface area contributed by atoms with Crippen LogP contribution < -0.4 is 4.90 Å². The maximum absolute atomic E-state index is 6.04. The Bertz CT molecular complexity index is 604. The fourth-order valence-electron chi connectivity index (χ4n) is 3.05. The summed E-state index contributed by atoms with van der Waals surface area (Å²) in [4.78, 5) is 11.0. The molecular weight excluding hydrogens is 294 g/mol. The molecular formula is C16H23N5O2. The monoisotopic (exact) mass is 317 g/mol. The molecule has 0 aromatic carbocycles. The first-order valence-corrected chi connectivity index (χ1v) is 7.89. The summed E-state index contributed by atoms with van der Waals surface area (Å²) >= 11 is 0. The fraction of sp³-hybridized carbons (Fsp3) is 0.562. The van der Waals surface area contributed by atoms with Crippen LogP contribution in [0.3, 0.4) is 0 Å². The zero-order valence-electron chi connectivity index (χ0n) is 13.6. The van der Waals surface area contributed by atoms with Crippen molar-refractivity contribution >= 4 is 5.95 Å². The molecule has 7 heteroatoms. The highest BCUT2D eigenvalue weighted by molar-refractivity contribution is 5.35. The molecule has 0 unspecified atom stereocenters. The zero-order chi connectivity index (χ0) is 16.1. The van der Waals surface area contributed by atoms with E-state index < -0.39 is 0 Å². The van der Waals surface area contributed by atoms with Crippen molar-refractivity contribution in [3.05, 3.63) is 36.4 Å². The van der Waals surface area contributed by atoms with Crippen LogP contribution in [0.2, 0.25) is 0 Å². The van der Waals surface area contributed by atoms with Crippen LogP contribution in [0.25, 0.3) is 0 Å². The van der Waals surface area contributed by atoms with Crippen LogP contribution in [-0.2, 0) is 22.9 Å². The third-order valence-corrected chi connectivity index (χ3v) is 4.12. The van der Waals surface area contributed by atoms with E-state index in [9.17, 15) is 0 Å². The van der Waals surface area contributed by atoms with Crippen molar-refractivity contribution in [3.63, 3.8) is 0 Å². The minimum Gasteiger partial charge on any atom is -0.382 e. The van der Waals surface area contributed by atoms with E-state index in [-0.39, 0.29) is 12.1 Å². The molecule has 0 amide bonds. The van der Waals surface area contributed by atoms with Gasteiger partial charge in [0.15, 0.2) is 0 Å². The number of rotatable bonds is 7. The average molecular weight is 317 g/mol. The largest absolute Gasteiger partial charge is 0.382 e. The second-order valence-corrected chi connectivity index (χ2v) is 5.73. The molecule has 0 saturated carbocycles. The summed E-state index contributed by atoms with van der Waals surface area (Å²) in [5.74, 6) is 0.763. The highest BCUT2D eigenvalue weighted by atomic mass is 16.5. The molecule has 2 atom stereocenters. The molecule has 1 aliphatic heterocycles. The zero-order valence-corrected chi connectivity index (χ0v) is 13.6. The molecule has 1 saturated heterocycles. The van der Waals surface area contributed by atoms with Gasteiger partial charge in [-0.1, -0.05) is 0 Å². The van der Waals surface area contributed by atoms with E-state index in [0.717, 1.165) is 25.3 Å². The number of hydrogen-bond acceptors (Lipinski definition) is 6. The average Bonchev–Trinajstić information content (AvgIpc) is 3.16. The summed E-state index contributed by atoms with van der Waals surface area (Å²) in [5, 5.41) is 4.26. The predicted octanol–water partition coefficient (Wildman–Crippen LogP) is 1.06. The van der Waals surface area contributed by atoms with Gasteiger partial charge in [0, 0.05) is 39.3 Å². The van der Waals surface area contributed by atoms with E-state index in [4.69, 9.17) is 9.47 Å². The molecule has 3 heterocycles. The quantitative estimate of drug-likeness (QED) is 0.712. The van der Waals surface area contributed by atoms with Crippen molar-refractivity contribution in [1.82, 2.24) is 19.7 Å². The molecule has 124 valence electrons. The van der Waals surface area contributed by atoms with Crippen LogP contribution >= 0.6 is 0 Å². The van der Waals surface area contributed by atoms with E-state index in [1.807, 2.05) is 24.0 Å². The molecule has 0 bridgehead atoms. The molecule has 23 heavy (non-hydrogen) atoms. The van der Waals surface area contributed by atoms with Crippen LogP contribution in [0.4, 0.5) is 5.95 Å². The Labute approximate surface area is 136 Å². The smallest absolute Gasteiger partial charge is 0.225 e. The molecule has 0 aliphatic carbocycles.